The Bertz CT molecular complexity index is 763. The molecule has 6 nitrogen and oxygen atoms in total. The number of anilines is 1. The lowest BCUT2D eigenvalue weighted by Crippen LogP contribution is -2.35. The number of carbonyl (C=O) groups excluding carboxylic acids is 1. The minimum absolute atomic E-state index is 0.0645. The molecule has 0 radical (unpaired) electrons. The molecular formula is C23H33N5O. The van der Waals surface area contributed by atoms with Gasteiger partial charge in [-0.2, -0.15) is 0 Å². The lowest BCUT2D eigenvalue weighted by Gasteiger charge is -2.18. The first kappa shape index (κ1) is 22.7. The van der Waals surface area contributed by atoms with Gasteiger partial charge in [-0.3, -0.25) is 9.78 Å². The number of carbonyl (C=O) groups is 1. The van der Waals surface area contributed by atoms with E-state index in [1.54, 1.807) is 19.3 Å². The average molecular weight is 396 g/mol. The van der Waals surface area contributed by atoms with Gasteiger partial charge in [0.05, 0.1) is 17.4 Å². The number of hydrogen-bond donors (Lipinski definition) is 2. The molecule has 0 aliphatic rings. The lowest BCUT2D eigenvalue weighted by atomic mass is 9.97. The third kappa shape index (κ3) is 8.52. The molecule has 0 saturated heterocycles. The summed E-state index contributed by atoms with van der Waals surface area (Å²) < 4.78 is 0. The monoisotopic (exact) mass is 395 g/mol. The smallest absolute Gasteiger partial charge is 0.223 e. The van der Waals surface area contributed by atoms with Gasteiger partial charge in [0.25, 0.3) is 0 Å². The van der Waals surface area contributed by atoms with E-state index in [9.17, 15) is 4.79 Å². The second kappa shape index (κ2) is 12.8. The fourth-order valence-electron chi connectivity index (χ4n) is 3.04. The van der Waals surface area contributed by atoms with Crippen molar-refractivity contribution in [3.8, 4) is 11.4 Å². The maximum Gasteiger partial charge on any atom is 0.223 e. The predicted octanol–water partition coefficient (Wildman–Crippen LogP) is 4.27. The maximum absolute atomic E-state index is 11.8. The van der Waals surface area contributed by atoms with E-state index >= 15 is 0 Å². The second-order valence-corrected chi connectivity index (χ2v) is 7.33. The minimum atomic E-state index is -0.0645. The molecule has 0 saturated carbocycles. The lowest BCUT2D eigenvalue weighted by molar-refractivity contribution is -0.119. The second-order valence-electron chi connectivity index (χ2n) is 7.33. The van der Waals surface area contributed by atoms with Crippen LogP contribution in [0.5, 0.6) is 0 Å². The molecular weight excluding hydrogens is 362 g/mol. The molecule has 0 aliphatic carbocycles. The fraction of sp³-hybridized carbons (Fsp3) is 0.478. The largest absolute Gasteiger partial charge is 0.354 e. The molecule has 0 aromatic carbocycles. The number of hydrogen-bond acceptors (Lipinski definition) is 6. The zero-order valence-corrected chi connectivity index (χ0v) is 17.8. The first-order valence-corrected chi connectivity index (χ1v) is 10.5. The summed E-state index contributed by atoms with van der Waals surface area (Å²) >= 11 is 0. The molecule has 0 amide bonds. The summed E-state index contributed by atoms with van der Waals surface area (Å²) in [6, 6.07) is 7.57. The highest BCUT2D eigenvalue weighted by atomic mass is 16.1. The number of nitrogens with zero attached hydrogens (tertiary/aromatic N) is 3. The van der Waals surface area contributed by atoms with Crippen molar-refractivity contribution in [2.24, 2.45) is 5.92 Å². The fourth-order valence-corrected chi connectivity index (χ4v) is 3.04. The zero-order valence-electron chi connectivity index (χ0n) is 17.8. The van der Waals surface area contributed by atoms with Gasteiger partial charge in [0.2, 0.25) is 5.95 Å². The molecule has 0 bridgehead atoms. The van der Waals surface area contributed by atoms with E-state index < -0.39 is 0 Å². The van der Waals surface area contributed by atoms with Crippen LogP contribution in [0.2, 0.25) is 0 Å². The number of rotatable bonds is 13. The SMILES string of the molecule is CCC=CCNC(CCC(C)CCNc1nccc(-c2ccccn2)n1)C(C)=O. The van der Waals surface area contributed by atoms with Crippen molar-refractivity contribution in [1.29, 1.82) is 0 Å². The molecule has 0 aliphatic heterocycles. The molecule has 2 aromatic heterocycles. The molecule has 29 heavy (non-hydrogen) atoms. The maximum atomic E-state index is 11.8. The molecule has 156 valence electrons. The first-order valence-electron chi connectivity index (χ1n) is 10.5. The van der Waals surface area contributed by atoms with Crippen LogP contribution < -0.4 is 10.6 Å². The standard InChI is InChI=1S/C23H33N5O/c1-4-5-7-14-24-20(19(3)29)11-10-18(2)12-16-26-23-27-17-13-22(28-23)21-9-6-8-15-25-21/h5-9,13,15,17-18,20,24H,4,10-12,14,16H2,1-3H3,(H,26,27,28). The highest BCUT2D eigenvalue weighted by Crippen LogP contribution is 2.16. The molecule has 2 rings (SSSR count). The van der Waals surface area contributed by atoms with E-state index in [4.69, 9.17) is 0 Å². The Balaban J connectivity index is 1.74. The average Bonchev–Trinajstić information content (AvgIpc) is 2.74. The topological polar surface area (TPSA) is 79.8 Å². The number of allylic oxidation sites excluding steroid dienone is 1. The molecule has 6 heteroatoms. The third-order valence-corrected chi connectivity index (χ3v) is 4.83. The third-order valence-electron chi connectivity index (χ3n) is 4.83. The summed E-state index contributed by atoms with van der Waals surface area (Å²) in [5.41, 5.74) is 1.64. The van der Waals surface area contributed by atoms with E-state index in [0.29, 0.717) is 11.9 Å². The molecule has 2 aromatic rings. The first-order chi connectivity index (χ1) is 14.1. The molecule has 0 fully saturated rings. The van der Waals surface area contributed by atoms with Crippen molar-refractivity contribution in [3.05, 3.63) is 48.8 Å². The van der Waals surface area contributed by atoms with Gasteiger partial charge in [-0.25, -0.2) is 9.97 Å². The van der Waals surface area contributed by atoms with Crippen LogP contribution >= 0.6 is 0 Å². The van der Waals surface area contributed by atoms with Crippen LogP contribution in [0.3, 0.4) is 0 Å². The van der Waals surface area contributed by atoms with Crippen molar-refractivity contribution >= 4 is 11.7 Å². The Morgan fingerprint density at radius 2 is 1.93 bits per heavy atom. The van der Waals surface area contributed by atoms with Crippen LogP contribution in [0, 0.1) is 5.92 Å². The zero-order chi connectivity index (χ0) is 20.9. The van der Waals surface area contributed by atoms with E-state index in [1.807, 2.05) is 24.3 Å². The van der Waals surface area contributed by atoms with Crippen molar-refractivity contribution in [1.82, 2.24) is 20.3 Å². The van der Waals surface area contributed by atoms with Crippen molar-refractivity contribution < 1.29 is 4.79 Å². The van der Waals surface area contributed by atoms with E-state index in [-0.39, 0.29) is 11.8 Å². The number of nitrogens with one attached hydrogen (secondary N) is 2. The van der Waals surface area contributed by atoms with Crippen molar-refractivity contribution in [2.75, 3.05) is 18.4 Å². The normalized spacial score (nSPS) is 13.3. The summed E-state index contributed by atoms with van der Waals surface area (Å²) in [4.78, 5) is 25.0. The van der Waals surface area contributed by atoms with E-state index in [1.165, 1.54) is 0 Å². The van der Waals surface area contributed by atoms with Gasteiger partial charge in [-0.15, -0.1) is 0 Å². The highest BCUT2D eigenvalue weighted by molar-refractivity contribution is 5.81. The molecule has 2 unspecified atom stereocenters. The molecule has 0 spiro atoms. The number of aromatic nitrogens is 3. The summed E-state index contributed by atoms with van der Waals surface area (Å²) in [6.07, 6.45) is 11.6. The Morgan fingerprint density at radius 3 is 2.66 bits per heavy atom. The van der Waals surface area contributed by atoms with Crippen LogP contribution in [0.4, 0.5) is 5.95 Å². The van der Waals surface area contributed by atoms with Crippen LogP contribution in [0.15, 0.2) is 48.8 Å². The van der Waals surface area contributed by atoms with Crippen molar-refractivity contribution in [2.45, 2.75) is 52.5 Å². The predicted molar refractivity (Wildman–Crippen MR) is 119 cm³/mol. The van der Waals surface area contributed by atoms with Crippen molar-refractivity contribution in [3.63, 3.8) is 0 Å². The Hall–Kier alpha value is -2.60. The van der Waals surface area contributed by atoms with E-state index in [2.05, 4.69) is 51.6 Å². The Morgan fingerprint density at radius 1 is 1.07 bits per heavy atom. The Labute approximate surface area is 174 Å². The van der Waals surface area contributed by atoms with Gasteiger partial charge < -0.3 is 10.6 Å². The summed E-state index contributed by atoms with van der Waals surface area (Å²) in [6.45, 7) is 7.54. The van der Waals surface area contributed by atoms with Crippen LogP contribution in [-0.4, -0.2) is 39.9 Å². The van der Waals surface area contributed by atoms with Gasteiger partial charge in [0, 0.05) is 25.5 Å². The summed E-state index contributed by atoms with van der Waals surface area (Å²) in [7, 11) is 0. The van der Waals surface area contributed by atoms with Gasteiger partial charge in [0.15, 0.2) is 0 Å². The van der Waals surface area contributed by atoms with Crippen LogP contribution in [-0.2, 0) is 4.79 Å². The summed E-state index contributed by atoms with van der Waals surface area (Å²) in [5.74, 6) is 1.34. The quantitative estimate of drug-likeness (QED) is 0.493. The number of ketones is 1. The van der Waals surface area contributed by atoms with Crippen LogP contribution in [0.1, 0.15) is 46.5 Å². The summed E-state index contributed by atoms with van der Waals surface area (Å²) in [5, 5.41) is 6.64. The Kier molecular flexibility index (Phi) is 10.00. The number of Topliss-reactive ketones (excluding diaryl/α,β-unsaturated/α-hetero) is 1. The number of pyridine rings is 1. The van der Waals surface area contributed by atoms with Gasteiger partial charge in [0.1, 0.15) is 5.78 Å². The molecule has 2 heterocycles. The van der Waals surface area contributed by atoms with E-state index in [0.717, 1.165) is 50.2 Å². The highest BCUT2D eigenvalue weighted by Gasteiger charge is 2.14. The molecule has 2 N–H and O–H groups in total. The molecule has 2 atom stereocenters. The minimum Gasteiger partial charge on any atom is -0.354 e. The van der Waals surface area contributed by atoms with Gasteiger partial charge in [-0.05, 0) is 56.7 Å². The van der Waals surface area contributed by atoms with Gasteiger partial charge >= 0.3 is 0 Å². The van der Waals surface area contributed by atoms with Crippen LogP contribution in [0.25, 0.3) is 11.4 Å². The van der Waals surface area contributed by atoms with Gasteiger partial charge in [-0.1, -0.05) is 32.1 Å².